The number of fused-ring (bicyclic) bond motifs is 1. The van der Waals surface area contributed by atoms with Crippen molar-refractivity contribution in [2.75, 3.05) is 29.9 Å². The number of ether oxygens (including phenoxy) is 2. The highest BCUT2D eigenvalue weighted by Gasteiger charge is 2.36. The number of halogens is 3. The normalized spacial score (nSPS) is 15.1. The SMILES string of the molecule is COc1cc(N2CCOc3ccc(NC(=O)c4ncoc4C)cc3S2(=O)=O)ccc1C(F)(F)F. The number of carbonyl (C=O) groups is 1. The largest absolute Gasteiger partial charge is 0.496 e. The maximum Gasteiger partial charge on any atom is 0.419 e. The molecule has 9 nitrogen and oxygen atoms in total. The van der Waals surface area contributed by atoms with Gasteiger partial charge in [0.05, 0.1) is 24.9 Å². The Morgan fingerprint density at radius 3 is 2.62 bits per heavy atom. The summed E-state index contributed by atoms with van der Waals surface area (Å²) in [7, 11) is -3.22. The van der Waals surface area contributed by atoms with Crippen LogP contribution in [0, 0.1) is 6.92 Å². The first-order valence-corrected chi connectivity index (χ1v) is 11.2. The van der Waals surface area contributed by atoms with Crippen LogP contribution in [0.2, 0.25) is 0 Å². The van der Waals surface area contributed by atoms with Crippen molar-refractivity contribution in [2.45, 2.75) is 18.0 Å². The lowest BCUT2D eigenvalue weighted by molar-refractivity contribution is -0.138. The Bertz CT molecular complexity index is 1350. The number of oxazole rings is 1. The minimum Gasteiger partial charge on any atom is -0.496 e. The number of aromatic nitrogens is 1. The molecule has 2 aromatic carbocycles. The fraction of sp³-hybridized carbons (Fsp3) is 0.238. The van der Waals surface area contributed by atoms with Crippen molar-refractivity contribution in [3.63, 3.8) is 0 Å². The van der Waals surface area contributed by atoms with Gasteiger partial charge in [-0.05, 0) is 37.3 Å². The van der Waals surface area contributed by atoms with Gasteiger partial charge in [-0.25, -0.2) is 13.4 Å². The van der Waals surface area contributed by atoms with Gasteiger partial charge in [-0.3, -0.25) is 9.10 Å². The minimum atomic E-state index is -4.67. The molecule has 4 rings (SSSR count). The van der Waals surface area contributed by atoms with E-state index in [0.717, 1.165) is 36.0 Å². The molecule has 1 aliphatic heterocycles. The maximum absolute atomic E-state index is 13.5. The molecule has 0 saturated heterocycles. The van der Waals surface area contributed by atoms with Gasteiger partial charge >= 0.3 is 6.18 Å². The predicted octanol–water partition coefficient (Wildman–Crippen LogP) is 3.85. The fourth-order valence-electron chi connectivity index (χ4n) is 3.43. The lowest BCUT2D eigenvalue weighted by Gasteiger charge is -2.23. The quantitative estimate of drug-likeness (QED) is 0.583. The van der Waals surface area contributed by atoms with Crippen LogP contribution in [-0.4, -0.2) is 39.6 Å². The van der Waals surface area contributed by atoms with E-state index in [1.807, 2.05) is 0 Å². The zero-order valence-electron chi connectivity index (χ0n) is 17.8. The van der Waals surface area contributed by atoms with E-state index in [2.05, 4.69) is 10.3 Å². The smallest absolute Gasteiger partial charge is 0.419 e. The first kappa shape index (κ1) is 23.4. The number of amides is 1. The summed E-state index contributed by atoms with van der Waals surface area (Å²) >= 11 is 0. The Hall–Kier alpha value is -3.74. The van der Waals surface area contributed by atoms with Gasteiger partial charge in [0.25, 0.3) is 15.9 Å². The van der Waals surface area contributed by atoms with Crippen molar-refractivity contribution in [1.82, 2.24) is 4.98 Å². The maximum atomic E-state index is 13.5. The number of carbonyl (C=O) groups excluding carboxylic acids is 1. The van der Waals surface area contributed by atoms with Gasteiger partial charge in [0.1, 0.15) is 28.8 Å². The second kappa shape index (κ2) is 8.56. The van der Waals surface area contributed by atoms with Crippen LogP contribution >= 0.6 is 0 Å². The molecular formula is C21H18F3N3O6S. The Kier molecular flexibility index (Phi) is 5.89. The number of hydrogen-bond acceptors (Lipinski definition) is 7. The van der Waals surface area contributed by atoms with E-state index in [1.165, 1.54) is 18.2 Å². The van der Waals surface area contributed by atoms with Crippen molar-refractivity contribution >= 4 is 27.3 Å². The summed E-state index contributed by atoms with van der Waals surface area (Å²) in [6, 6.07) is 6.86. The molecule has 0 radical (unpaired) electrons. The summed E-state index contributed by atoms with van der Waals surface area (Å²) < 4.78 is 82.9. The Morgan fingerprint density at radius 2 is 1.97 bits per heavy atom. The van der Waals surface area contributed by atoms with Gasteiger partial charge in [0.15, 0.2) is 12.1 Å². The molecule has 34 heavy (non-hydrogen) atoms. The summed E-state index contributed by atoms with van der Waals surface area (Å²) in [5, 5.41) is 2.55. The Morgan fingerprint density at radius 1 is 1.21 bits per heavy atom. The average Bonchev–Trinajstić information content (AvgIpc) is 3.16. The van der Waals surface area contributed by atoms with Gasteiger partial charge in [0, 0.05) is 11.8 Å². The number of nitrogens with one attached hydrogen (secondary N) is 1. The van der Waals surface area contributed by atoms with Crippen LogP contribution in [0.15, 0.2) is 52.1 Å². The fourth-order valence-corrected chi connectivity index (χ4v) is 5.04. The summed E-state index contributed by atoms with van der Waals surface area (Å²) in [4.78, 5) is 16.0. The first-order valence-electron chi connectivity index (χ1n) is 9.78. The third kappa shape index (κ3) is 4.25. The van der Waals surface area contributed by atoms with E-state index in [4.69, 9.17) is 13.9 Å². The average molecular weight is 497 g/mol. The highest BCUT2D eigenvalue weighted by molar-refractivity contribution is 7.93. The van der Waals surface area contributed by atoms with Crippen LogP contribution in [0.3, 0.4) is 0 Å². The zero-order chi connectivity index (χ0) is 24.7. The molecule has 180 valence electrons. The topological polar surface area (TPSA) is 111 Å². The summed E-state index contributed by atoms with van der Waals surface area (Å²) in [6.07, 6.45) is -3.57. The molecule has 1 amide bonds. The van der Waals surface area contributed by atoms with Gasteiger partial charge < -0.3 is 19.2 Å². The number of hydrogen-bond donors (Lipinski definition) is 1. The molecule has 0 atom stereocenters. The summed E-state index contributed by atoms with van der Waals surface area (Å²) in [6.45, 7) is 1.33. The third-order valence-electron chi connectivity index (χ3n) is 5.06. The number of methoxy groups -OCH3 is 1. The lowest BCUT2D eigenvalue weighted by Crippen LogP contribution is -2.32. The van der Waals surface area contributed by atoms with E-state index in [0.29, 0.717) is 0 Å². The van der Waals surface area contributed by atoms with Crippen LogP contribution in [0.4, 0.5) is 24.5 Å². The Balaban J connectivity index is 1.71. The lowest BCUT2D eigenvalue weighted by atomic mass is 10.1. The van der Waals surface area contributed by atoms with Crippen molar-refractivity contribution in [1.29, 1.82) is 0 Å². The van der Waals surface area contributed by atoms with Gasteiger partial charge in [0.2, 0.25) is 0 Å². The van der Waals surface area contributed by atoms with E-state index < -0.39 is 33.4 Å². The molecule has 1 aromatic heterocycles. The number of sulfonamides is 1. The second-order valence-corrected chi connectivity index (χ2v) is 9.01. The number of rotatable bonds is 4. The zero-order valence-corrected chi connectivity index (χ0v) is 18.7. The van der Waals surface area contributed by atoms with Crippen LogP contribution in [0.5, 0.6) is 11.5 Å². The monoisotopic (exact) mass is 497 g/mol. The molecule has 0 bridgehead atoms. The summed E-state index contributed by atoms with van der Waals surface area (Å²) in [5.41, 5.74) is -0.887. The van der Waals surface area contributed by atoms with Crippen LogP contribution < -0.4 is 19.1 Å². The number of nitrogens with zero attached hydrogens (tertiary/aromatic N) is 2. The van der Waals surface area contributed by atoms with Crippen LogP contribution in [0.25, 0.3) is 0 Å². The molecule has 13 heteroatoms. The van der Waals surface area contributed by atoms with E-state index in [9.17, 15) is 26.4 Å². The van der Waals surface area contributed by atoms with E-state index in [1.54, 1.807) is 6.92 Å². The molecular weight excluding hydrogens is 479 g/mol. The number of benzene rings is 2. The predicted molar refractivity (Wildman–Crippen MR) is 114 cm³/mol. The molecule has 0 aliphatic carbocycles. The molecule has 0 unspecified atom stereocenters. The highest BCUT2D eigenvalue weighted by atomic mass is 32.2. The first-order chi connectivity index (χ1) is 16.0. The Labute approximate surface area is 192 Å². The molecule has 2 heterocycles. The number of anilines is 2. The van der Waals surface area contributed by atoms with E-state index in [-0.39, 0.29) is 46.6 Å². The van der Waals surface area contributed by atoms with Crippen LogP contribution in [0.1, 0.15) is 21.8 Å². The summed E-state index contributed by atoms with van der Waals surface area (Å²) in [5.74, 6) is -0.806. The van der Waals surface area contributed by atoms with Crippen molar-refractivity contribution in [3.05, 3.63) is 59.8 Å². The van der Waals surface area contributed by atoms with E-state index >= 15 is 0 Å². The molecule has 1 aliphatic rings. The minimum absolute atomic E-state index is 0.0334. The van der Waals surface area contributed by atoms with Gasteiger partial charge in [-0.15, -0.1) is 0 Å². The van der Waals surface area contributed by atoms with Crippen molar-refractivity contribution in [3.8, 4) is 11.5 Å². The van der Waals surface area contributed by atoms with Crippen LogP contribution in [-0.2, 0) is 16.2 Å². The molecule has 0 fully saturated rings. The number of aryl methyl sites for hydroxylation is 1. The van der Waals surface area contributed by atoms with Crippen molar-refractivity contribution < 1.29 is 40.3 Å². The second-order valence-electron chi connectivity index (χ2n) is 7.18. The molecule has 0 saturated carbocycles. The number of alkyl halides is 3. The molecule has 3 aromatic rings. The van der Waals surface area contributed by atoms with Gasteiger partial charge in [-0.1, -0.05) is 0 Å². The van der Waals surface area contributed by atoms with Crippen molar-refractivity contribution in [2.24, 2.45) is 0 Å². The highest BCUT2D eigenvalue weighted by Crippen LogP contribution is 2.40. The molecule has 0 spiro atoms. The third-order valence-corrected chi connectivity index (χ3v) is 6.91. The molecule has 1 N–H and O–H groups in total. The van der Waals surface area contributed by atoms with Gasteiger partial charge in [-0.2, -0.15) is 13.2 Å². The standard InChI is InChI=1S/C21H18F3N3O6S/c1-12-19(25-11-33-12)20(28)26-13-3-6-16-18(9-13)34(29,30)27(7-8-32-16)14-4-5-15(21(22,23)24)17(10-14)31-2/h3-6,9-11H,7-8H2,1-2H3,(H,26,28).